The third kappa shape index (κ3) is 5.12. The number of ketones is 1. The van der Waals surface area contributed by atoms with E-state index >= 15 is 0 Å². The monoisotopic (exact) mass is 282 g/mol. The van der Waals surface area contributed by atoms with Crippen molar-refractivity contribution in [2.24, 2.45) is 0 Å². The zero-order valence-corrected chi connectivity index (χ0v) is 12.5. The minimum absolute atomic E-state index is 0.232. The van der Waals surface area contributed by atoms with E-state index in [9.17, 15) is 4.79 Å². The fraction of sp³-hybridized carbons (Fsp3) is 0.333. The van der Waals surface area contributed by atoms with Gasteiger partial charge in [0.1, 0.15) is 0 Å². The molecule has 0 amide bonds. The van der Waals surface area contributed by atoms with Crippen LogP contribution in [0.2, 0.25) is 0 Å². The Labute approximate surface area is 126 Å². The van der Waals surface area contributed by atoms with Crippen molar-refractivity contribution in [3.63, 3.8) is 0 Å². The van der Waals surface area contributed by atoms with Crippen molar-refractivity contribution in [3.05, 3.63) is 66.0 Å². The lowest BCUT2D eigenvalue weighted by Gasteiger charge is -2.20. The van der Waals surface area contributed by atoms with Crippen LogP contribution in [-0.4, -0.2) is 28.8 Å². The van der Waals surface area contributed by atoms with Gasteiger partial charge in [-0.3, -0.25) is 14.7 Å². The maximum Gasteiger partial charge on any atom is 0.162 e. The SMILES string of the molecule is CCN(CCCC(=O)c1ccccc1)Cc1ccncc1. The topological polar surface area (TPSA) is 33.2 Å². The number of pyridine rings is 1. The number of nitrogens with zero attached hydrogens (tertiary/aromatic N) is 2. The predicted octanol–water partition coefficient (Wildman–Crippen LogP) is 3.57. The minimum atomic E-state index is 0.232. The van der Waals surface area contributed by atoms with Crippen LogP contribution in [0.25, 0.3) is 0 Å². The summed E-state index contributed by atoms with van der Waals surface area (Å²) in [7, 11) is 0. The molecule has 2 rings (SSSR count). The Morgan fingerprint density at radius 3 is 2.48 bits per heavy atom. The van der Waals surface area contributed by atoms with Crippen LogP contribution in [0.1, 0.15) is 35.7 Å². The van der Waals surface area contributed by atoms with Crippen molar-refractivity contribution in [1.82, 2.24) is 9.88 Å². The summed E-state index contributed by atoms with van der Waals surface area (Å²) in [6.45, 7) is 5.00. The first kappa shape index (κ1) is 15.4. The Hall–Kier alpha value is -2.00. The van der Waals surface area contributed by atoms with Gasteiger partial charge in [0.15, 0.2) is 5.78 Å². The number of carbonyl (C=O) groups excluding carboxylic acids is 1. The van der Waals surface area contributed by atoms with Gasteiger partial charge in [0.2, 0.25) is 0 Å². The lowest BCUT2D eigenvalue weighted by atomic mass is 10.1. The number of carbonyl (C=O) groups is 1. The van der Waals surface area contributed by atoms with E-state index in [2.05, 4.69) is 16.8 Å². The molecule has 0 aliphatic heterocycles. The predicted molar refractivity (Wildman–Crippen MR) is 85.2 cm³/mol. The maximum absolute atomic E-state index is 12.0. The smallest absolute Gasteiger partial charge is 0.162 e. The van der Waals surface area contributed by atoms with Crippen LogP contribution in [0.15, 0.2) is 54.9 Å². The van der Waals surface area contributed by atoms with Crippen molar-refractivity contribution in [3.8, 4) is 0 Å². The number of hydrogen-bond acceptors (Lipinski definition) is 3. The Balaban J connectivity index is 1.77. The number of rotatable bonds is 8. The molecule has 21 heavy (non-hydrogen) atoms. The minimum Gasteiger partial charge on any atom is -0.299 e. The number of hydrogen-bond donors (Lipinski definition) is 0. The summed E-state index contributed by atoms with van der Waals surface area (Å²) in [5.41, 5.74) is 2.08. The molecule has 0 radical (unpaired) electrons. The Bertz CT molecular complexity index is 540. The van der Waals surface area contributed by atoms with Crippen molar-refractivity contribution in [1.29, 1.82) is 0 Å². The van der Waals surface area contributed by atoms with E-state index < -0.39 is 0 Å². The summed E-state index contributed by atoms with van der Waals surface area (Å²) >= 11 is 0. The van der Waals surface area contributed by atoms with Crippen molar-refractivity contribution >= 4 is 5.78 Å². The molecular weight excluding hydrogens is 260 g/mol. The molecule has 3 nitrogen and oxygen atoms in total. The van der Waals surface area contributed by atoms with Gasteiger partial charge in [-0.05, 0) is 37.2 Å². The van der Waals surface area contributed by atoms with Crippen LogP contribution in [0, 0.1) is 0 Å². The third-order valence-electron chi connectivity index (χ3n) is 3.58. The second kappa shape index (κ2) is 8.32. The molecule has 0 N–H and O–H groups in total. The van der Waals surface area contributed by atoms with Gasteiger partial charge in [-0.1, -0.05) is 37.3 Å². The molecule has 3 heteroatoms. The second-order valence-electron chi connectivity index (χ2n) is 5.12. The Morgan fingerprint density at radius 1 is 1.10 bits per heavy atom. The molecule has 0 spiro atoms. The van der Waals surface area contributed by atoms with Crippen molar-refractivity contribution in [2.75, 3.05) is 13.1 Å². The first-order valence-electron chi connectivity index (χ1n) is 7.49. The Kier molecular flexibility index (Phi) is 6.10. The van der Waals surface area contributed by atoms with Gasteiger partial charge in [-0.2, -0.15) is 0 Å². The molecule has 0 saturated heterocycles. The van der Waals surface area contributed by atoms with Gasteiger partial charge < -0.3 is 0 Å². The van der Waals surface area contributed by atoms with Gasteiger partial charge >= 0.3 is 0 Å². The molecule has 0 saturated carbocycles. The average Bonchev–Trinajstić information content (AvgIpc) is 2.55. The van der Waals surface area contributed by atoms with Crippen molar-refractivity contribution < 1.29 is 4.79 Å². The summed E-state index contributed by atoms with van der Waals surface area (Å²) < 4.78 is 0. The molecule has 0 bridgehead atoms. The summed E-state index contributed by atoms with van der Waals surface area (Å²) in [6, 6.07) is 13.6. The number of aromatic nitrogens is 1. The zero-order valence-electron chi connectivity index (χ0n) is 12.5. The first-order valence-corrected chi connectivity index (χ1v) is 7.49. The highest BCUT2D eigenvalue weighted by molar-refractivity contribution is 5.95. The number of benzene rings is 1. The molecule has 1 aromatic carbocycles. The van der Waals surface area contributed by atoms with Gasteiger partial charge in [0.25, 0.3) is 0 Å². The summed E-state index contributed by atoms with van der Waals surface area (Å²) in [5, 5.41) is 0. The number of Topliss-reactive ketones (excluding diaryl/α,β-unsaturated/α-hetero) is 1. The summed E-state index contributed by atoms with van der Waals surface area (Å²) in [6.07, 6.45) is 5.15. The quantitative estimate of drug-likeness (QED) is 0.694. The highest BCUT2D eigenvalue weighted by Crippen LogP contribution is 2.08. The van der Waals surface area contributed by atoms with E-state index in [0.29, 0.717) is 6.42 Å². The normalized spacial score (nSPS) is 10.8. The molecule has 1 aromatic heterocycles. The molecule has 0 aliphatic carbocycles. The summed E-state index contributed by atoms with van der Waals surface area (Å²) in [4.78, 5) is 18.4. The molecule has 0 unspecified atom stereocenters. The molecule has 0 aliphatic rings. The largest absolute Gasteiger partial charge is 0.299 e. The van der Waals surface area contributed by atoms with E-state index in [0.717, 1.165) is 31.6 Å². The lowest BCUT2D eigenvalue weighted by Crippen LogP contribution is -2.24. The third-order valence-corrected chi connectivity index (χ3v) is 3.58. The molecular formula is C18H22N2O. The van der Waals surface area contributed by atoms with E-state index in [1.807, 2.05) is 54.9 Å². The fourth-order valence-corrected chi connectivity index (χ4v) is 2.33. The van der Waals surface area contributed by atoms with Crippen LogP contribution < -0.4 is 0 Å². The average molecular weight is 282 g/mol. The lowest BCUT2D eigenvalue weighted by molar-refractivity contribution is 0.0974. The standard InChI is InChI=1S/C18H22N2O/c1-2-20(15-16-10-12-19-13-11-16)14-6-9-18(21)17-7-4-3-5-8-17/h3-5,7-8,10-13H,2,6,9,14-15H2,1H3. The van der Waals surface area contributed by atoms with Gasteiger partial charge in [0, 0.05) is 30.9 Å². The first-order chi connectivity index (χ1) is 10.3. The van der Waals surface area contributed by atoms with Gasteiger partial charge in [-0.15, -0.1) is 0 Å². The molecule has 0 fully saturated rings. The van der Waals surface area contributed by atoms with Crippen LogP contribution in [0.4, 0.5) is 0 Å². The van der Waals surface area contributed by atoms with Crippen LogP contribution in [0.3, 0.4) is 0 Å². The van der Waals surface area contributed by atoms with Crippen LogP contribution in [0.5, 0.6) is 0 Å². The van der Waals surface area contributed by atoms with Crippen molar-refractivity contribution in [2.45, 2.75) is 26.3 Å². The Morgan fingerprint density at radius 2 is 1.81 bits per heavy atom. The van der Waals surface area contributed by atoms with Crippen LogP contribution in [-0.2, 0) is 6.54 Å². The van der Waals surface area contributed by atoms with Gasteiger partial charge in [0.05, 0.1) is 0 Å². The van der Waals surface area contributed by atoms with E-state index in [-0.39, 0.29) is 5.78 Å². The fourth-order valence-electron chi connectivity index (χ4n) is 2.33. The highest BCUT2D eigenvalue weighted by atomic mass is 16.1. The van der Waals surface area contributed by atoms with Gasteiger partial charge in [-0.25, -0.2) is 0 Å². The van der Waals surface area contributed by atoms with E-state index in [1.54, 1.807) is 0 Å². The second-order valence-corrected chi connectivity index (χ2v) is 5.12. The van der Waals surface area contributed by atoms with Crippen LogP contribution >= 0.6 is 0 Å². The zero-order chi connectivity index (χ0) is 14.9. The highest BCUT2D eigenvalue weighted by Gasteiger charge is 2.07. The summed E-state index contributed by atoms with van der Waals surface area (Å²) in [5.74, 6) is 0.232. The molecule has 0 atom stereocenters. The van der Waals surface area contributed by atoms with E-state index in [4.69, 9.17) is 0 Å². The molecule has 2 aromatic rings. The molecule has 110 valence electrons. The maximum atomic E-state index is 12.0. The van der Waals surface area contributed by atoms with E-state index in [1.165, 1.54) is 5.56 Å². The molecule has 1 heterocycles.